The van der Waals surface area contributed by atoms with E-state index < -0.39 is 4.92 Å². The van der Waals surface area contributed by atoms with Gasteiger partial charge in [-0.15, -0.1) is 0 Å². The SMILES string of the molecule is N#C/C(=C/c1cccc(OCc2ccc(Cl)cc2)c1)c1ccc([N+](=O)[O-])cc1. The lowest BCUT2D eigenvalue weighted by Gasteiger charge is -2.07. The molecule has 3 aromatic rings. The Hall–Kier alpha value is -3.62. The molecule has 0 saturated heterocycles. The van der Waals surface area contributed by atoms with E-state index in [0.717, 1.165) is 11.1 Å². The van der Waals surface area contributed by atoms with Gasteiger partial charge in [-0.2, -0.15) is 5.26 Å². The summed E-state index contributed by atoms with van der Waals surface area (Å²) < 4.78 is 5.81. The van der Waals surface area contributed by atoms with Gasteiger partial charge in [0.1, 0.15) is 12.4 Å². The molecule has 0 fully saturated rings. The lowest BCUT2D eigenvalue weighted by atomic mass is 10.0. The molecule has 0 aliphatic rings. The zero-order valence-corrected chi connectivity index (χ0v) is 15.5. The normalized spacial score (nSPS) is 10.9. The Balaban J connectivity index is 1.76. The molecular formula is C22H15ClN2O3. The fraction of sp³-hybridized carbons (Fsp3) is 0.0455. The number of benzene rings is 3. The highest BCUT2D eigenvalue weighted by atomic mass is 35.5. The lowest BCUT2D eigenvalue weighted by molar-refractivity contribution is -0.384. The van der Waals surface area contributed by atoms with Gasteiger partial charge in [-0.05, 0) is 59.2 Å². The van der Waals surface area contributed by atoms with Crippen molar-refractivity contribution in [3.05, 3.63) is 105 Å². The molecule has 3 aromatic carbocycles. The van der Waals surface area contributed by atoms with Crippen molar-refractivity contribution in [1.82, 2.24) is 0 Å². The number of hydrogen-bond acceptors (Lipinski definition) is 4. The Bertz CT molecular complexity index is 1050. The van der Waals surface area contributed by atoms with E-state index in [2.05, 4.69) is 6.07 Å². The quantitative estimate of drug-likeness (QED) is 0.227. The number of nitriles is 1. The summed E-state index contributed by atoms with van der Waals surface area (Å²) in [6.07, 6.45) is 1.72. The van der Waals surface area contributed by atoms with E-state index in [-0.39, 0.29) is 5.69 Å². The van der Waals surface area contributed by atoms with Crippen LogP contribution in [-0.2, 0) is 6.61 Å². The predicted molar refractivity (Wildman–Crippen MR) is 109 cm³/mol. The number of nitrogens with zero attached hydrogens (tertiary/aromatic N) is 2. The summed E-state index contributed by atoms with van der Waals surface area (Å²) in [6.45, 7) is 0.401. The molecule has 138 valence electrons. The summed E-state index contributed by atoms with van der Waals surface area (Å²) in [5.41, 5.74) is 2.79. The first-order valence-corrected chi connectivity index (χ1v) is 8.77. The second kappa shape index (κ2) is 8.85. The molecule has 0 aliphatic heterocycles. The summed E-state index contributed by atoms with van der Waals surface area (Å²) in [6, 6.07) is 22.8. The number of allylic oxidation sites excluding steroid dienone is 1. The van der Waals surface area contributed by atoms with E-state index in [1.807, 2.05) is 48.5 Å². The van der Waals surface area contributed by atoms with Gasteiger partial charge in [-0.1, -0.05) is 35.9 Å². The highest BCUT2D eigenvalue weighted by molar-refractivity contribution is 6.30. The van der Waals surface area contributed by atoms with Crippen LogP contribution >= 0.6 is 11.6 Å². The molecule has 0 bridgehead atoms. The zero-order valence-electron chi connectivity index (χ0n) is 14.7. The fourth-order valence-electron chi connectivity index (χ4n) is 2.55. The Morgan fingerprint density at radius 3 is 2.46 bits per heavy atom. The third-order valence-corrected chi connectivity index (χ3v) is 4.25. The molecule has 0 spiro atoms. The molecule has 0 radical (unpaired) electrons. The minimum atomic E-state index is -0.471. The number of ether oxygens (including phenoxy) is 1. The first-order valence-electron chi connectivity index (χ1n) is 8.39. The third-order valence-electron chi connectivity index (χ3n) is 4.00. The lowest BCUT2D eigenvalue weighted by Crippen LogP contribution is -1.95. The van der Waals surface area contributed by atoms with Crippen LogP contribution in [0.1, 0.15) is 16.7 Å². The maximum absolute atomic E-state index is 10.8. The molecular weight excluding hydrogens is 376 g/mol. The van der Waals surface area contributed by atoms with Gasteiger partial charge in [-0.3, -0.25) is 10.1 Å². The summed E-state index contributed by atoms with van der Waals surface area (Å²) in [4.78, 5) is 10.3. The van der Waals surface area contributed by atoms with E-state index in [1.165, 1.54) is 12.1 Å². The van der Waals surface area contributed by atoms with Crippen LogP contribution in [-0.4, -0.2) is 4.92 Å². The number of nitro groups is 1. The van der Waals surface area contributed by atoms with E-state index in [4.69, 9.17) is 16.3 Å². The van der Waals surface area contributed by atoms with Crippen molar-refractivity contribution in [2.24, 2.45) is 0 Å². The van der Waals surface area contributed by atoms with Crippen molar-refractivity contribution in [2.45, 2.75) is 6.61 Å². The van der Waals surface area contributed by atoms with Gasteiger partial charge < -0.3 is 4.74 Å². The smallest absolute Gasteiger partial charge is 0.269 e. The Morgan fingerprint density at radius 2 is 1.82 bits per heavy atom. The summed E-state index contributed by atoms with van der Waals surface area (Å²) in [5, 5.41) is 20.9. The Morgan fingerprint density at radius 1 is 1.11 bits per heavy atom. The van der Waals surface area contributed by atoms with Gasteiger partial charge in [0.2, 0.25) is 0 Å². The van der Waals surface area contributed by atoms with Gasteiger partial charge in [0.25, 0.3) is 5.69 Å². The van der Waals surface area contributed by atoms with E-state index >= 15 is 0 Å². The molecule has 0 aliphatic carbocycles. The van der Waals surface area contributed by atoms with E-state index in [9.17, 15) is 15.4 Å². The van der Waals surface area contributed by atoms with Crippen molar-refractivity contribution in [3.63, 3.8) is 0 Å². The van der Waals surface area contributed by atoms with Crippen LogP contribution in [0, 0.1) is 21.4 Å². The largest absolute Gasteiger partial charge is 0.489 e. The second-order valence-electron chi connectivity index (χ2n) is 5.96. The Kier molecular flexibility index (Phi) is 6.05. The standard InChI is InChI=1S/C22H15ClN2O3/c23-20-8-4-16(5-9-20)15-28-22-3-1-2-17(13-22)12-19(14-24)18-6-10-21(11-7-18)25(26)27/h1-13H,15H2/b19-12-. The van der Waals surface area contributed by atoms with Crippen molar-refractivity contribution in [1.29, 1.82) is 5.26 Å². The van der Waals surface area contributed by atoms with Crippen LogP contribution in [0.25, 0.3) is 11.6 Å². The molecule has 0 unspecified atom stereocenters. The molecule has 0 amide bonds. The second-order valence-corrected chi connectivity index (χ2v) is 6.40. The number of rotatable bonds is 6. The van der Waals surface area contributed by atoms with Crippen molar-refractivity contribution in [3.8, 4) is 11.8 Å². The summed E-state index contributed by atoms with van der Waals surface area (Å²) in [7, 11) is 0. The van der Waals surface area contributed by atoms with Gasteiger partial charge in [0.05, 0.1) is 16.6 Å². The maximum atomic E-state index is 10.8. The predicted octanol–water partition coefficient (Wildman–Crippen LogP) is 5.89. The molecule has 3 rings (SSSR count). The molecule has 0 N–H and O–H groups in total. The van der Waals surface area contributed by atoms with Crippen LogP contribution in [0.3, 0.4) is 0 Å². The van der Waals surface area contributed by atoms with Crippen LogP contribution in [0.5, 0.6) is 5.75 Å². The molecule has 28 heavy (non-hydrogen) atoms. The van der Waals surface area contributed by atoms with Crippen LogP contribution in [0.2, 0.25) is 5.02 Å². The average molecular weight is 391 g/mol. The van der Waals surface area contributed by atoms with E-state index in [1.54, 1.807) is 18.2 Å². The number of non-ortho nitro benzene ring substituents is 1. The first-order chi connectivity index (χ1) is 13.5. The number of hydrogen-bond donors (Lipinski definition) is 0. The number of halogens is 1. The molecule has 5 nitrogen and oxygen atoms in total. The minimum Gasteiger partial charge on any atom is -0.489 e. The molecule has 6 heteroatoms. The highest BCUT2D eigenvalue weighted by Crippen LogP contribution is 2.23. The van der Waals surface area contributed by atoms with Crippen molar-refractivity contribution in [2.75, 3.05) is 0 Å². The number of nitro benzene ring substituents is 1. The summed E-state index contributed by atoms with van der Waals surface area (Å²) in [5.74, 6) is 0.671. The van der Waals surface area contributed by atoms with Crippen LogP contribution < -0.4 is 4.74 Å². The Labute approximate surface area is 167 Å². The maximum Gasteiger partial charge on any atom is 0.269 e. The molecule has 0 saturated carbocycles. The van der Waals surface area contributed by atoms with Crippen molar-refractivity contribution >= 4 is 28.9 Å². The highest BCUT2D eigenvalue weighted by Gasteiger charge is 2.07. The van der Waals surface area contributed by atoms with Gasteiger partial charge in [0.15, 0.2) is 0 Å². The molecule has 0 atom stereocenters. The van der Waals surface area contributed by atoms with Gasteiger partial charge >= 0.3 is 0 Å². The first kappa shape index (κ1) is 19.2. The molecule has 0 heterocycles. The van der Waals surface area contributed by atoms with Gasteiger partial charge in [-0.25, -0.2) is 0 Å². The van der Waals surface area contributed by atoms with Crippen molar-refractivity contribution < 1.29 is 9.66 Å². The van der Waals surface area contributed by atoms with Gasteiger partial charge in [0, 0.05) is 17.2 Å². The zero-order chi connectivity index (χ0) is 19.9. The van der Waals surface area contributed by atoms with Crippen LogP contribution in [0.15, 0.2) is 72.8 Å². The van der Waals surface area contributed by atoms with Crippen LogP contribution in [0.4, 0.5) is 5.69 Å². The molecule has 0 aromatic heterocycles. The fourth-order valence-corrected chi connectivity index (χ4v) is 2.68. The average Bonchev–Trinajstić information content (AvgIpc) is 2.72. The third kappa shape index (κ3) is 4.97. The minimum absolute atomic E-state index is 0.0152. The monoisotopic (exact) mass is 390 g/mol. The topological polar surface area (TPSA) is 76.2 Å². The summed E-state index contributed by atoms with van der Waals surface area (Å²) >= 11 is 5.88. The van der Waals surface area contributed by atoms with E-state index in [0.29, 0.717) is 28.5 Å².